The molecule has 0 aliphatic carbocycles. The largest absolute Gasteiger partial charge is 0.356 e. The van der Waals surface area contributed by atoms with Gasteiger partial charge in [-0.15, -0.1) is 0 Å². The van der Waals surface area contributed by atoms with E-state index in [1.165, 1.54) is 4.57 Å². The fourth-order valence-electron chi connectivity index (χ4n) is 2.74. The molecule has 3 aromatic heterocycles. The number of pyridine rings is 1. The van der Waals surface area contributed by atoms with Gasteiger partial charge in [0.05, 0.1) is 21.8 Å². The molecule has 120 valence electrons. The molecule has 0 aliphatic heterocycles. The van der Waals surface area contributed by atoms with Gasteiger partial charge in [0.2, 0.25) is 0 Å². The molecule has 0 aliphatic rings. The molecule has 0 atom stereocenters. The molecular weight excluding hydrogens is 349 g/mol. The van der Waals surface area contributed by atoms with Gasteiger partial charge in [-0.1, -0.05) is 40.5 Å². The highest BCUT2D eigenvalue weighted by molar-refractivity contribution is 6.43. The summed E-state index contributed by atoms with van der Waals surface area (Å²) >= 11 is 12.4. The lowest BCUT2D eigenvalue weighted by atomic mass is 10.0. The van der Waals surface area contributed by atoms with Gasteiger partial charge in [-0.05, 0) is 12.1 Å². The van der Waals surface area contributed by atoms with Crippen molar-refractivity contribution in [2.45, 2.75) is 0 Å². The van der Waals surface area contributed by atoms with Crippen LogP contribution in [0.4, 0.5) is 0 Å². The van der Waals surface area contributed by atoms with Gasteiger partial charge in [-0.2, -0.15) is 0 Å². The second kappa shape index (κ2) is 5.54. The average molecular weight is 360 g/mol. The van der Waals surface area contributed by atoms with Crippen LogP contribution in [0.15, 0.2) is 52.2 Å². The van der Waals surface area contributed by atoms with Gasteiger partial charge >= 0.3 is 0 Å². The Balaban J connectivity index is 1.98. The zero-order valence-corrected chi connectivity index (χ0v) is 14.0. The Labute approximate surface area is 146 Å². The van der Waals surface area contributed by atoms with Crippen LogP contribution in [0.5, 0.6) is 0 Å². The standard InChI is InChI=1S/C17H11Cl2N3O2/c1-22-6-5-10-11(7-20-15(10)17(22)23)16-12(8-21-24-16)9-3-2-4-13(18)14(9)19/h2-8,20H,1H3. The summed E-state index contributed by atoms with van der Waals surface area (Å²) in [6.07, 6.45) is 5.03. The van der Waals surface area contributed by atoms with Crippen LogP contribution in [-0.2, 0) is 7.05 Å². The first-order chi connectivity index (χ1) is 11.6. The second-order valence-corrected chi connectivity index (χ2v) is 6.18. The number of hydrogen-bond donors (Lipinski definition) is 1. The lowest BCUT2D eigenvalue weighted by Gasteiger charge is -2.05. The third kappa shape index (κ3) is 2.17. The molecule has 4 rings (SSSR count). The Bertz CT molecular complexity index is 1120. The molecule has 1 N–H and O–H groups in total. The molecule has 24 heavy (non-hydrogen) atoms. The molecule has 5 nitrogen and oxygen atoms in total. The topological polar surface area (TPSA) is 63.8 Å². The quantitative estimate of drug-likeness (QED) is 0.573. The highest BCUT2D eigenvalue weighted by atomic mass is 35.5. The van der Waals surface area contributed by atoms with Crippen LogP contribution in [-0.4, -0.2) is 14.7 Å². The third-order valence-electron chi connectivity index (χ3n) is 3.98. The van der Waals surface area contributed by atoms with Crippen molar-refractivity contribution in [2.75, 3.05) is 0 Å². The van der Waals surface area contributed by atoms with Crippen LogP contribution < -0.4 is 5.56 Å². The molecule has 0 saturated carbocycles. The maximum absolute atomic E-state index is 12.2. The van der Waals surface area contributed by atoms with Crippen molar-refractivity contribution in [2.24, 2.45) is 7.05 Å². The maximum Gasteiger partial charge on any atom is 0.274 e. The number of hydrogen-bond acceptors (Lipinski definition) is 3. The highest BCUT2D eigenvalue weighted by Gasteiger charge is 2.20. The van der Waals surface area contributed by atoms with Crippen molar-refractivity contribution < 1.29 is 4.52 Å². The lowest BCUT2D eigenvalue weighted by molar-refractivity contribution is 0.433. The Hall–Kier alpha value is -2.50. The minimum atomic E-state index is -0.111. The van der Waals surface area contributed by atoms with E-state index in [9.17, 15) is 4.79 Å². The van der Waals surface area contributed by atoms with Crippen molar-refractivity contribution >= 4 is 34.1 Å². The maximum atomic E-state index is 12.2. The monoisotopic (exact) mass is 359 g/mol. The minimum absolute atomic E-state index is 0.111. The van der Waals surface area contributed by atoms with Gasteiger partial charge in [-0.25, -0.2) is 0 Å². The number of benzene rings is 1. The van der Waals surface area contributed by atoms with E-state index in [-0.39, 0.29) is 5.56 Å². The summed E-state index contributed by atoms with van der Waals surface area (Å²) in [5.41, 5.74) is 2.57. The number of H-pyrrole nitrogens is 1. The smallest absolute Gasteiger partial charge is 0.274 e. The van der Waals surface area contributed by atoms with Crippen LogP contribution in [0.3, 0.4) is 0 Å². The predicted octanol–water partition coefficient (Wildman–Crippen LogP) is 4.50. The fraction of sp³-hybridized carbons (Fsp3) is 0.0588. The summed E-state index contributed by atoms with van der Waals surface area (Å²) in [4.78, 5) is 15.2. The number of halogens is 2. The van der Waals surface area contributed by atoms with E-state index in [1.54, 1.807) is 31.7 Å². The summed E-state index contributed by atoms with van der Waals surface area (Å²) in [7, 11) is 1.70. The molecule has 4 aromatic rings. The Morgan fingerprint density at radius 3 is 2.83 bits per heavy atom. The van der Waals surface area contributed by atoms with Crippen molar-refractivity contribution in [1.29, 1.82) is 0 Å². The van der Waals surface area contributed by atoms with Crippen LogP contribution in [0.1, 0.15) is 0 Å². The van der Waals surface area contributed by atoms with Gasteiger partial charge in [-0.3, -0.25) is 4.79 Å². The first kappa shape index (κ1) is 15.1. The predicted molar refractivity (Wildman–Crippen MR) is 94.5 cm³/mol. The minimum Gasteiger partial charge on any atom is -0.356 e. The molecular formula is C17H11Cl2N3O2. The zero-order chi connectivity index (χ0) is 16.8. The molecule has 1 aromatic carbocycles. The van der Waals surface area contributed by atoms with Crippen molar-refractivity contribution in [3.63, 3.8) is 0 Å². The van der Waals surface area contributed by atoms with Crippen molar-refractivity contribution in [3.05, 3.63) is 63.3 Å². The molecule has 0 saturated heterocycles. The Kier molecular flexibility index (Phi) is 3.48. The highest BCUT2D eigenvalue weighted by Crippen LogP contribution is 2.40. The normalized spacial score (nSPS) is 11.3. The number of aromatic nitrogens is 3. The van der Waals surface area contributed by atoms with E-state index in [0.717, 1.165) is 16.5 Å². The van der Waals surface area contributed by atoms with E-state index in [1.807, 2.05) is 18.2 Å². The van der Waals surface area contributed by atoms with Gasteiger partial charge in [0, 0.05) is 36.0 Å². The van der Waals surface area contributed by atoms with E-state index < -0.39 is 0 Å². The van der Waals surface area contributed by atoms with Gasteiger partial charge in [0.15, 0.2) is 5.76 Å². The van der Waals surface area contributed by atoms with Crippen LogP contribution in [0.25, 0.3) is 33.4 Å². The third-order valence-corrected chi connectivity index (χ3v) is 4.80. The summed E-state index contributed by atoms with van der Waals surface area (Å²) in [6, 6.07) is 7.23. The van der Waals surface area contributed by atoms with Crippen molar-refractivity contribution in [1.82, 2.24) is 14.7 Å². The van der Waals surface area contributed by atoms with E-state index in [0.29, 0.717) is 26.9 Å². The summed E-state index contributed by atoms with van der Waals surface area (Å²) in [6.45, 7) is 0. The van der Waals surface area contributed by atoms with Crippen molar-refractivity contribution in [3.8, 4) is 22.5 Å². The Morgan fingerprint density at radius 1 is 1.17 bits per heavy atom. The number of aromatic amines is 1. The molecule has 0 fully saturated rings. The van der Waals surface area contributed by atoms with E-state index in [2.05, 4.69) is 10.1 Å². The summed E-state index contributed by atoms with van der Waals surface area (Å²) in [5.74, 6) is 0.527. The summed E-state index contributed by atoms with van der Waals surface area (Å²) < 4.78 is 6.97. The zero-order valence-electron chi connectivity index (χ0n) is 12.5. The SMILES string of the molecule is Cn1ccc2c(-c3oncc3-c3cccc(Cl)c3Cl)c[nH]c2c1=O. The molecule has 0 radical (unpaired) electrons. The number of nitrogens with zero attached hydrogens (tertiary/aromatic N) is 2. The number of nitrogens with one attached hydrogen (secondary N) is 1. The number of fused-ring (bicyclic) bond motifs is 1. The molecule has 0 bridgehead atoms. The van der Waals surface area contributed by atoms with Gasteiger partial charge in [0.25, 0.3) is 5.56 Å². The average Bonchev–Trinajstić information content (AvgIpc) is 3.20. The lowest BCUT2D eigenvalue weighted by Crippen LogP contribution is -2.15. The first-order valence-corrected chi connectivity index (χ1v) is 7.89. The van der Waals surface area contributed by atoms with Gasteiger partial charge in [0.1, 0.15) is 5.52 Å². The van der Waals surface area contributed by atoms with E-state index in [4.69, 9.17) is 27.7 Å². The molecule has 0 amide bonds. The van der Waals surface area contributed by atoms with Gasteiger partial charge < -0.3 is 14.1 Å². The first-order valence-electron chi connectivity index (χ1n) is 7.14. The molecule has 3 heterocycles. The molecule has 7 heteroatoms. The number of aryl methyl sites for hydroxylation is 1. The van der Waals surface area contributed by atoms with E-state index >= 15 is 0 Å². The summed E-state index contributed by atoms with van der Waals surface area (Å²) in [5, 5.41) is 5.54. The van der Waals surface area contributed by atoms with Crippen LogP contribution in [0.2, 0.25) is 10.0 Å². The van der Waals surface area contributed by atoms with Crippen LogP contribution in [0, 0.1) is 0 Å². The molecule has 0 spiro atoms. The second-order valence-electron chi connectivity index (χ2n) is 5.39. The number of rotatable bonds is 2. The molecule has 0 unspecified atom stereocenters. The Morgan fingerprint density at radius 2 is 2.00 bits per heavy atom. The fourth-order valence-corrected chi connectivity index (χ4v) is 3.14. The van der Waals surface area contributed by atoms with Crippen LogP contribution >= 0.6 is 23.2 Å².